The summed E-state index contributed by atoms with van der Waals surface area (Å²) in [6.45, 7) is 2.29. The molecule has 4 nitrogen and oxygen atoms in total. The lowest BCUT2D eigenvalue weighted by Gasteiger charge is -1.97. The third kappa shape index (κ3) is 2.68. The molecule has 1 aromatic heterocycles. The summed E-state index contributed by atoms with van der Waals surface area (Å²) in [6, 6.07) is 4.74. The first-order valence-electron chi connectivity index (χ1n) is 5.50. The monoisotopic (exact) mass is 235 g/mol. The fourth-order valence-electron chi connectivity index (χ4n) is 1.51. The first kappa shape index (κ1) is 11.7. The maximum atomic E-state index is 13.1. The number of nitrogens with two attached hydrogens (primary N) is 1. The van der Waals surface area contributed by atoms with Crippen LogP contribution in [0.15, 0.2) is 22.7 Å². The Morgan fingerprint density at radius 1 is 1.41 bits per heavy atom. The molecule has 0 aliphatic heterocycles. The van der Waals surface area contributed by atoms with Gasteiger partial charge in [0.2, 0.25) is 11.7 Å². The fraction of sp³-hybridized carbons (Fsp3) is 0.333. The molecule has 0 fully saturated rings. The molecule has 1 heterocycles. The second-order valence-electron chi connectivity index (χ2n) is 3.87. The normalized spacial score (nSPS) is 10.8. The Hall–Kier alpha value is -1.75. The topological polar surface area (TPSA) is 64.9 Å². The van der Waals surface area contributed by atoms with Crippen LogP contribution < -0.4 is 5.73 Å². The molecule has 0 saturated heterocycles. The Morgan fingerprint density at radius 3 is 2.94 bits per heavy atom. The molecule has 0 spiro atoms. The second-order valence-corrected chi connectivity index (χ2v) is 3.87. The molecule has 0 aliphatic carbocycles. The van der Waals surface area contributed by atoms with Gasteiger partial charge in [-0.15, -0.1) is 0 Å². The average Bonchev–Trinajstić information content (AvgIpc) is 2.79. The van der Waals surface area contributed by atoms with E-state index in [0.717, 1.165) is 12.0 Å². The lowest BCUT2D eigenvalue weighted by Crippen LogP contribution is -2.00. The number of aromatic nitrogens is 2. The van der Waals surface area contributed by atoms with Gasteiger partial charge in [-0.25, -0.2) is 4.39 Å². The van der Waals surface area contributed by atoms with Gasteiger partial charge in [0, 0.05) is 12.0 Å². The molecule has 2 rings (SSSR count). The van der Waals surface area contributed by atoms with Gasteiger partial charge >= 0.3 is 0 Å². The van der Waals surface area contributed by atoms with Gasteiger partial charge in [0.25, 0.3) is 0 Å². The van der Waals surface area contributed by atoms with Gasteiger partial charge < -0.3 is 10.3 Å². The van der Waals surface area contributed by atoms with E-state index in [0.29, 0.717) is 30.2 Å². The molecule has 0 amide bonds. The lowest BCUT2D eigenvalue weighted by molar-refractivity contribution is 0.376. The van der Waals surface area contributed by atoms with Crippen LogP contribution in [-0.2, 0) is 6.42 Å². The minimum atomic E-state index is -0.236. The fourth-order valence-corrected chi connectivity index (χ4v) is 1.51. The quantitative estimate of drug-likeness (QED) is 0.881. The Balaban J connectivity index is 2.21. The molecule has 5 heteroatoms. The van der Waals surface area contributed by atoms with Gasteiger partial charge in [0.05, 0.1) is 0 Å². The van der Waals surface area contributed by atoms with Crippen molar-refractivity contribution >= 4 is 0 Å². The van der Waals surface area contributed by atoms with Crippen molar-refractivity contribution in [2.45, 2.75) is 19.8 Å². The maximum absolute atomic E-state index is 13.1. The number of halogens is 1. The predicted octanol–water partition coefficient (Wildman–Crippen LogP) is 2.08. The number of benzene rings is 1. The maximum Gasteiger partial charge on any atom is 0.227 e. The number of hydrogen-bond donors (Lipinski definition) is 1. The second kappa shape index (κ2) is 5.05. The van der Waals surface area contributed by atoms with Crippen molar-refractivity contribution in [3.63, 3.8) is 0 Å². The van der Waals surface area contributed by atoms with Crippen LogP contribution in [0.2, 0.25) is 0 Å². The lowest BCUT2D eigenvalue weighted by atomic mass is 10.1. The number of nitrogens with zero attached hydrogens (tertiary/aromatic N) is 2. The van der Waals surface area contributed by atoms with E-state index < -0.39 is 0 Å². The Bertz CT molecular complexity index is 510. The van der Waals surface area contributed by atoms with E-state index in [1.54, 1.807) is 19.1 Å². The van der Waals surface area contributed by atoms with Crippen LogP contribution in [0.5, 0.6) is 0 Å². The molecule has 2 aromatic rings. The number of hydrogen-bond acceptors (Lipinski definition) is 4. The molecule has 0 aliphatic rings. The zero-order valence-corrected chi connectivity index (χ0v) is 9.61. The predicted molar refractivity (Wildman–Crippen MR) is 61.8 cm³/mol. The summed E-state index contributed by atoms with van der Waals surface area (Å²) in [5, 5.41) is 3.86. The summed E-state index contributed by atoms with van der Waals surface area (Å²) in [6.07, 6.45) is 1.48. The van der Waals surface area contributed by atoms with Gasteiger partial charge in [0.15, 0.2) is 0 Å². The zero-order chi connectivity index (χ0) is 12.3. The Labute approximate surface area is 98.6 Å². The van der Waals surface area contributed by atoms with E-state index in [1.807, 2.05) is 0 Å². The Kier molecular flexibility index (Phi) is 3.49. The molecule has 90 valence electrons. The van der Waals surface area contributed by atoms with Gasteiger partial charge in [-0.2, -0.15) is 4.98 Å². The van der Waals surface area contributed by atoms with Crippen LogP contribution >= 0.6 is 0 Å². The third-order valence-corrected chi connectivity index (χ3v) is 2.48. The van der Waals surface area contributed by atoms with E-state index in [4.69, 9.17) is 10.3 Å². The summed E-state index contributed by atoms with van der Waals surface area (Å²) in [7, 11) is 0. The van der Waals surface area contributed by atoms with Crippen molar-refractivity contribution < 1.29 is 8.91 Å². The molecular weight excluding hydrogens is 221 g/mol. The highest BCUT2D eigenvalue weighted by Gasteiger charge is 2.09. The van der Waals surface area contributed by atoms with E-state index in [-0.39, 0.29) is 5.82 Å². The van der Waals surface area contributed by atoms with E-state index in [1.165, 1.54) is 6.07 Å². The van der Waals surface area contributed by atoms with Crippen molar-refractivity contribution in [1.82, 2.24) is 10.1 Å². The molecule has 2 N–H and O–H groups in total. The average molecular weight is 235 g/mol. The van der Waals surface area contributed by atoms with Crippen molar-refractivity contribution in [2.24, 2.45) is 5.73 Å². The SMILES string of the molecule is Cc1cc(-c2noc(CCCN)n2)ccc1F. The van der Waals surface area contributed by atoms with Crippen LogP contribution in [0.1, 0.15) is 17.9 Å². The first-order chi connectivity index (χ1) is 8.20. The molecular formula is C12H14FN3O. The molecule has 0 saturated carbocycles. The van der Waals surface area contributed by atoms with Gasteiger partial charge in [-0.05, 0) is 43.7 Å². The van der Waals surface area contributed by atoms with Crippen LogP contribution in [0.25, 0.3) is 11.4 Å². The van der Waals surface area contributed by atoms with E-state index in [9.17, 15) is 4.39 Å². The van der Waals surface area contributed by atoms with Crippen LogP contribution in [0, 0.1) is 12.7 Å². The summed E-state index contributed by atoms with van der Waals surface area (Å²) >= 11 is 0. The van der Waals surface area contributed by atoms with Gasteiger partial charge in [0.1, 0.15) is 5.82 Å². The van der Waals surface area contributed by atoms with Crippen LogP contribution in [0.4, 0.5) is 4.39 Å². The van der Waals surface area contributed by atoms with Crippen molar-refractivity contribution in [2.75, 3.05) is 6.54 Å². The number of rotatable bonds is 4. The minimum absolute atomic E-state index is 0.236. The van der Waals surface area contributed by atoms with Crippen molar-refractivity contribution in [3.8, 4) is 11.4 Å². The molecule has 0 bridgehead atoms. The summed E-state index contributed by atoms with van der Waals surface area (Å²) in [4.78, 5) is 4.23. The minimum Gasteiger partial charge on any atom is -0.339 e. The molecule has 1 aromatic carbocycles. The summed E-state index contributed by atoms with van der Waals surface area (Å²) in [5.74, 6) is 0.813. The smallest absolute Gasteiger partial charge is 0.227 e. The standard InChI is InChI=1S/C12H14FN3O/c1-8-7-9(4-5-10(8)13)12-15-11(17-16-12)3-2-6-14/h4-5,7H,2-3,6,14H2,1H3. The van der Waals surface area contributed by atoms with Crippen LogP contribution in [0.3, 0.4) is 0 Å². The molecule has 0 atom stereocenters. The zero-order valence-electron chi connectivity index (χ0n) is 9.61. The molecule has 0 unspecified atom stereocenters. The van der Waals surface area contributed by atoms with E-state index >= 15 is 0 Å². The molecule has 0 radical (unpaired) electrons. The summed E-state index contributed by atoms with van der Waals surface area (Å²) in [5.41, 5.74) is 6.72. The summed E-state index contributed by atoms with van der Waals surface area (Å²) < 4.78 is 18.2. The first-order valence-corrected chi connectivity index (χ1v) is 5.50. The van der Waals surface area contributed by atoms with Crippen molar-refractivity contribution in [1.29, 1.82) is 0 Å². The van der Waals surface area contributed by atoms with E-state index in [2.05, 4.69) is 10.1 Å². The highest BCUT2D eigenvalue weighted by Crippen LogP contribution is 2.19. The Morgan fingerprint density at radius 2 is 2.24 bits per heavy atom. The van der Waals surface area contributed by atoms with Gasteiger partial charge in [-0.3, -0.25) is 0 Å². The molecule has 17 heavy (non-hydrogen) atoms. The third-order valence-electron chi connectivity index (χ3n) is 2.48. The van der Waals surface area contributed by atoms with Crippen molar-refractivity contribution in [3.05, 3.63) is 35.5 Å². The highest BCUT2D eigenvalue weighted by atomic mass is 19.1. The highest BCUT2D eigenvalue weighted by molar-refractivity contribution is 5.55. The number of aryl methyl sites for hydroxylation is 2. The largest absolute Gasteiger partial charge is 0.339 e. The van der Waals surface area contributed by atoms with Crippen LogP contribution in [-0.4, -0.2) is 16.7 Å². The van der Waals surface area contributed by atoms with Gasteiger partial charge in [-0.1, -0.05) is 5.16 Å².